The van der Waals surface area contributed by atoms with Gasteiger partial charge in [-0.2, -0.15) is 0 Å². The molecule has 0 aliphatic carbocycles. The average Bonchev–Trinajstić information content (AvgIpc) is 2.28. The van der Waals surface area contributed by atoms with Gasteiger partial charge >= 0.3 is 0 Å². The first-order valence-electron chi connectivity index (χ1n) is 4.18. The van der Waals surface area contributed by atoms with Gasteiger partial charge in [0.05, 0.1) is 9.81 Å². The summed E-state index contributed by atoms with van der Waals surface area (Å²) in [5.41, 5.74) is 0. The van der Waals surface area contributed by atoms with E-state index in [-0.39, 0.29) is 0 Å². The predicted octanol–water partition coefficient (Wildman–Crippen LogP) is 3.37. The van der Waals surface area contributed by atoms with Crippen molar-refractivity contribution in [1.82, 2.24) is 0 Å². The summed E-state index contributed by atoms with van der Waals surface area (Å²) >= 11 is 0. The third-order valence-electron chi connectivity index (χ3n) is 1.28. The average molecular weight is 228 g/mol. The Bertz CT molecular complexity index is 488. The minimum absolute atomic E-state index is 1.01. The fraction of sp³-hybridized carbons (Fsp3) is 0.0769. The Hall–Kier alpha value is -1.40. The van der Waals surface area contributed by atoms with E-state index in [2.05, 4.69) is 42.1 Å². The molecular formula is C13H8S2. The van der Waals surface area contributed by atoms with Crippen LogP contribution in [0.3, 0.4) is 0 Å². The summed E-state index contributed by atoms with van der Waals surface area (Å²) in [6.07, 6.45) is 5.50. The van der Waals surface area contributed by atoms with Crippen molar-refractivity contribution >= 4 is 21.6 Å². The van der Waals surface area contributed by atoms with Crippen LogP contribution in [-0.4, -0.2) is 0 Å². The van der Waals surface area contributed by atoms with Gasteiger partial charge in [0.25, 0.3) is 0 Å². The lowest BCUT2D eigenvalue weighted by atomic mass is 10.4. The smallest absolute Gasteiger partial charge is 0.0696 e. The second kappa shape index (κ2) is 6.97. The summed E-state index contributed by atoms with van der Waals surface area (Å²) < 4.78 is 0. The zero-order valence-corrected chi connectivity index (χ0v) is 9.89. The molecule has 15 heavy (non-hydrogen) atoms. The molecule has 0 radical (unpaired) electrons. The van der Waals surface area contributed by atoms with Crippen LogP contribution in [0.1, 0.15) is 6.92 Å². The highest BCUT2D eigenvalue weighted by molar-refractivity contribution is 8.79. The summed E-state index contributed by atoms with van der Waals surface area (Å²) in [5, 5.41) is 0. The third-order valence-corrected chi connectivity index (χ3v) is 3.52. The van der Waals surface area contributed by atoms with Gasteiger partial charge in [-0.1, -0.05) is 24.3 Å². The van der Waals surface area contributed by atoms with Gasteiger partial charge in [-0.25, -0.2) is 0 Å². The molecule has 0 aromatic rings. The van der Waals surface area contributed by atoms with Crippen LogP contribution < -0.4 is 0 Å². The minimum Gasteiger partial charge on any atom is -0.0925 e. The van der Waals surface area contributed by atoms with Crippen LogP contribution in [0.4, 0.5) is 0 Å². The Morgan fingerprint density at radius 3 is 2.33 bits per heavy atom. The normalized spacial score (nSPS) is 12.6. The Kier molecular flexibility index (Phi) is 5.42. The van der Waals surface area contributed by atoms with E-state index >= 15 is 0 Å². The predicted molar refractivity (Wildman–Crippen MR) is 70.5 cm³/mol. The van der Waals surface area contributed by atoms with Gasteiger partial charge in [0.15, 0.2) is 0 Å². The monoisotopic (exact) mass is 228 g/mol. The third kappa shape index (κ3) is 4.57. The highest BCUT2D eigenvalue weighted by Gasteiger charge is 2.03. The van der Waals surface area contributed by atoms with Gasteiger partial charge in [0.2, 0.25) is 0 Å². The molecular weight excluding hydrogens is 220 g/mol. The Balaban J connectivity index is 2.72. The zero-order valence-electron chi connectivity index (χ0n) is 8.26. The molecule has 2 heteroatoms. The lowest BCUT2D eigenvalue weighted by Gasteiger charge is -2.03. The van der Waals surface area contributed by atoms with Crippen LogP contribution in [0.25, 0.3) is 0 Å². The number of allylic oxidation sites excluding steroid dienone is 5. The fourth-order valence-electron chi connectivity index (χ4n) is 0.699. The largest absolute Gasteiger partial charge is 0.0925 e. The van der Waals surface area contributed by atoms with Gasteiger partial charge in [0.1, 0.15) is 0 Å². The second-order valence-electron chi connectivity index (χ2n) is 2.33. The van der Waals surface area contributed by atoms with Crippen LogP contribution in [0.5, 0.6) is 0 Å². The molecule has 0 saturated heterocycles. The molecule has 0 fully saturated rings. The lowest BCUT2D eigenvalue weighted by Crippen LogP contribution is -1.77. The standard InChI is InChI=1S/C13H8S2/c1-3-5-7-9-13-11-10-12(14-15-13)8-6-4-2/h4,10-11H,2H2,1H3. The minimum atomic E-state index is 1.01. The molecule has 0 atom stereocenters. The summed E-state index contributed by atoms with van der Waals surface area (Å²) in [6.45, 7) is 5.31. The first kappa shape index (κ1) is 11.7. The maximum atomic E-state index is 3.54. The zero-order chi connectivity index (χ0) is 10.9. The van der Waals surface area contributed by atoms with Crippen molar-refractivity contribution in [1.29, 1.82) is 0 Å². The molecule has 0 nitrogen and oxygen atoms in total. The van der Waals surface area contributed by atoms with Gasteiger partial charge in [-0.05, 0) is 64.5 Å². The molecule has 0 unspecified atom stereocenters. The summed E-state index contributed by atoms with van der Waals surface area (Å²) in [5.74, 6) is 16.9. The molecule has 0 spiro atoms. The maximum Gasteiger partial charge on any atom is 0.0696 e. The van der Waals surface area contributed by atoms with E-state index in [0.29, 0.717) is 0 Å². The molecule has 1 aliphatic heterocycles. The first-order chi connectivity index (χ1) is 7.36. The highest BCUT2D eigenvalue weighted by Crippen LogP contribution is 2.39. The SMILES string of the molecule is C=CC#CC1=CC=C(C#CC#CC)SS1. The van der Waals surface area contributed by atoms with Crippen molar-refractivity contribution in [3.05, 3.63) is 34.6 Å². The molecule has 0 aromatic heterocycles. The molecule has 0 amide bonds. The molecule has 72 valence electrons. The Labute approximate surface area is 98.7 Å². The van der Waals surface area contributed by atoms with Gasteiger partial charge in [-0.15, -0.1) is 0 Å². The van der Waals surface area contributed by atoms with Crippen LogP contribution in [-0.2, 0) is 0 Å². The summed E-state index contributed by atoms with van der Waals surface area (Å²) in [6, 6.07) is 0. The first-order valence-corrected chi connectivity index (χ1v) is 6.33. The fourth-order valence-corrected chi connectivity index (χ4v) is 2.44. The quantitative estimate of drug-likeness (QED) is 0.460. The van der Waals surface area contributed by atoms with E-state index < -0.39 is 0 Å². The molecule has 1 heterocycles. The van der Waals surface area contributed by atoms with Crippen LogP contribution in [0.2, 0.25) is 0 Å². The van der Waals surface area contributed by atoms with Crippen LogP contribution in [0.15, 0.2) is 34.6 Å². The number of hydrogen-bond donors (Lipinski definition) is 0. The van der Waals surface area contributed by atoms with Crippen molar-refractivity contribution in [3.63, 3.8) is 0 Å². The van der Waals surface area contributed by atoms with E-state index in [1.807, 2.05) is 12.2 Å². The molecule has 1 aliphatic rings. The van der Waals surface area contributed by atoms with E-state index in [1.54, 1.807) is 34.6 Å². The molecule has 0 saturated carbocycles. The van der Waals surface area contributed by atoms with Crippen molar-refractivity contribution in [3.8, 4) is 35.5 Å². The van der Waals surface area contributed by atoms with E-state index in [4.69, 9.17) is 0 Å². The molecule has 0 bridgehead atoms. The van der Waals surface area contributed by atoms with Crippen LogP contribution in [0, 0.1) is 35.5 Å². The van der Waals surface area contributed by atoms with Gasteiger partial charge < -0.3 is 0 Å². The van der Waals surface area contributed by atoms with Crippen molar-refractivity contribution in [2.75, 3.05) is 0 Å². The van der Waals surface area contributed by atoms with Gasteiger partial charge in [0, 0.05) is 0 Å². The summed E-state index contributed by atoms with van der Waals surface area (Å²) in [4.78, 5) is 2.03. The molecule has 1 rings (SSSR count). The summed E-state index contributed by atoms with van der Waals surface area (Å²) in [7, 11) is 3.21. The molecule has 0 aromatic carbocycles. The van der Waals surface area contributed by atoms with Gasteiger partial charge in [-0.3, -0.25) is 0 Å². The topological polar surface area (TPSA) is 0 Å². The number of hydrogen-bond acceptors (Lipinski definition) is 2. The van der Waals surface area contributed by atoms with E-state index in [1.165, 1.54) is 0 Å². The van der Waals surface area contributed by atoms with Crippen molar-refractivity contribution < 1.29 is 0 Å². The van der Waals surface area contributed by atoms with Crippen molar-refractivity contribution in [2.24, 2.45) is 0 Å². The second-order valence-corrected chi connectivity index (χ2v) is 4.54. The molecule has 0 N–H and O–H groups in total. The van der Waals surface area contributed by atoms with E-state index in [0.717, 1.165) is 9.81 Å². The Morgan fingerprint density at radius 2 is 1.80 bits per heavy atom. The number of rotatable bonds is 0. The highest BCUT2D eigenvalue weighted by atomic mass is 33.1. The Morgan fingerprint density at radius 1 is 1.13 bits per heavy atom. The van der Waals surface area contributed by atoms with Crippen LogP contribution >= 0.6 is 21.6 Å². The van der Waals surface area contributed by atoms with Crippen molar-refractivity contribution in [2.45, 2.75) is 6.92 Å². The lowest BCUT2D eigenvalue weighted by molar-refractivity contribution is 1.90. The van der Waals surface area contributed by atoms with E-state index in [9.17, 15) is 0 Å². The maximum absolute atomic E-state index is 3.54.